The molecule has 14 heteroatoms. The van der Waals surface area contributed by atoms with Gasteiger partial charge in [-0.05, 0) is 51.8 Å². The molecule has 1 aliphatic rings. The van der Waals surface area contributed by atoms with E-state index in [1.54, 1.807) is 74.5 Å². The minimum atomic E-state index is -4.22. The maximum Gasteiger partial charge on any atom is 0.455 e. The Kier molecular flexibility index (Phi) is 12.7. The second-order valence-electron chi connectivity index (χ2n) is 14.7. The molecule has 1 N–H and O–H groups in total. The molecule has 1 aromatic heterocycles. The highest BCUT2D eigenvalue weighted by atomic mass is 35.5. The third-order valence-electron chi connectivity index (χ3n) is 9.36. The molecule has 4 aromatic carbocycles. The number of aromatic nitrogens is 2. The summed E-state index contributed by atoms with van der Waals surface area (Å²) in [5, 5.41) is 4.83. The summed E-state index contributed by atoms with van der Waals surface area (Å²) in [6, 6.07) is 35.1. The van der Waals surface area contributed by atoms with E-state index in [0.717, 1.165) is 10.4 Å². The van der Waals surface area contributed by atoms with E-state index in [1.807, 2.05) is 36.4 Å². The van der Waals surface area contributed by atoms with Crippen molar-refractivity contribution in [1.29, 1.82) is 0 Å². The Hall–Kier alpha value is -4.48. The van der Waals surface area contributed by atoms with Crippen LogP contribution in [0.1, 0.15) is 47.3 Å². The maximum absolute atomic E-state index is 14.8. The second kappa shape index (κ2) is 17.3. The molecule has 2 heterocycles. The van der Waals surface area contributed by atoms with E-state index in [4.69, 9.17) is 41.4 Å². The lowest BCUT2D eigenvalue weighted by Gasteiger charge is -2.45. The summed E-state index contributed by atoms with van der Waals surface area (Å²) in [4.78, 5) is 30.0. The minimum Gasteiger partial charge on any atom is -0.412 e. The molecule has 5 aromatic rings. The molecular weight excluding hydrogens is 788 g/mol. The lowest BCUT2D eigenvalue weighted by atomic mass is 10.2. The molecule has 1 saturated heterocycles. The van der Waals surface area contributed by atoms with Crippen molar-refractivity contribution in [2.45, 2.75) is 64.5 Å². The molecule has 6 rings (SSSR count). The Balaban J connectivity index is 1.45. The summed E-state index contributed by atoms with van der Waals surface area (Å²) in [5.74, 6) is 1.17. The summed E-state index contributed by atoms with van der Waals surface area (Å²) >= 11 is 12.9. The number of benzene rings is 4. The smallest absolute Gasteiger partial charge is 0.412 e. The summed E-state index contributed by atoms with van der Waals surface area (Å²) in [6.45, 7) is 10.00. The van der Waals surface area contributed by atoms with Crippen molar-refractivity contribution in [2.24, 2.45) is 5.92 Å². The zero-order valence-corrected chi connectivity index (χ0v) is 35.1. The molecule has 0 saturated carbocycles. The van der Waals surface area contributed by atoms with Crippen LogP contribution >= 0.6 is 30.8 Å². The number of halogens is 2. The number of carbonyl (C=O) groups is 1. The van der Waals surface area contributed by atoms with Gasteiger partial charge < -0.3 is 23.5 Å². The van der Waals surface area contributed by atoms with E-state index >= 15 is 0 Å². The number of hydrogen-bond donors (Lipinski definition) is 1. The highest BCUT2D eigenvalue weighted by Gasteiger charge is 2.53. The second-order valence-corrected chi connectivity index (χ2v) is 21.5. The topological polar surface area (TPSA) is 118 Å². The minimum absolute atomic E-state index is 0.133. The van der Waals surface area contributed by atoms with Crippen LogP contribution in [0.2, 0.25) is 15.1 Å². The quantitative estimate of drug-likeness (QED) is 0.0922. The monoisotopic (exact) mass is 831 g/mol. The van der Waals surface area contributed by atoms with Gasteiger partial charge in [-0.3, -0.25) is 9.36 Å². The van der Waals surface area contributed by atoms with Crippen molar-refractivity contribution in [3.63, 3.8) is 0 Å². The predicted molar refractivity (Wildman–Crippen MR) is 224 cm³/mol. The van der Waals surface area contributed by atoms with E-state index in [-0.39, 0.29) is 45.6 Å². The number of amides is 1. The van der Waals surface area contributed by atoms with Gasteiger partial charge in [0, 0.05) is 18.5 Å². The fourth-order valence-corrected chi connectivity index (χ4v) is 13.2. The maximum atomic E-state index is 14.8. The molecule has 1 aliphatic heterocycles. The summed E-state index contributed by atoms with van der Waals surface area (Å²) in [5.41, 5.74) is -0.625. The first-order chi connectivity index (χ1) is 26.7. The molecule has 0 aliphatic carbocycles. The fourth-order valence-electron chi connectivity index (χ4n) is 6.59. The van der Waals surface area contributed by atoms with Gasteiger partial charge in [-0.1, -0.05) is 143 Å². The van der Waals surface area contributed by atoms with E-state index < -0.39 is 45.1 Å². The molecule has 0 spiro atoms. The van der Waals surface area contributed by atoms with Crippen molar-refractivity contribution in [3.05, 3.63) is 154 Å². The first-order valence-corrected chi connectivity index (χ1v) is 22.5. The first kappa shape index (κ1) is 41.2. The molecule has 1 amide bonds. The van der Waals surface area contributed by atoms with Crippen LogP contribution in [0.3, 0.4) is 0 Å². The largest absolute Gasteiger partial charge is 0.455 e. The van der Waals surface area contributed by atoms with Crippen molar-refractivity contribution in [3.8, 4) is 11.5 Å². The van der Waals surface area contributed by atoms with Crippen LogP contribution in [0.15, 0.2) is 138 Å². The molecule has 0 radical (unpaired) electrons. The van der Waals surface area contributed by atoms with Crippen molar-refractivity contribution in [1.82, 2.24) is 9.55 Å². The Morgan fingerprint density at radius 1 is 0.875 bits per heavy atom. The van der Waals surface area contributed by atoms with Crippen molar-refractivity contribution >= 4 is 61.2 Å². The van der Waals surface area contributed by atoms with E-state index in [0.29, 0.717) is 0 Å². The zero-order chi connectivity index (χ0) is 40.1. The molecule has 292 valence electrons. The molecule has 10 nitrogen and oxygen atoms in total. The van der Waals surface area contributed by atoms with Gasteiger partial charge in [-0.25, -0.2) is 9.36 Å². The highest BCUT2D eigenvalue weighted by Crippen LogP contribution is 2.53. The van der Waals surface area contributed by atoms with Gasteiger partial charge in [0.05, 0.1) is 22.0 Å². The lowest BCUT2D eigenvalue weighted by molar-refractivity contribution is -0.118. The van der Waals surface area contributed by atoms with Crippen LogP contribution in [0.4, 0.5) is 5.82 Å². The lowest BCUT2D eigenvalue weighted by Crippen LogP contribution is -2.68. The Morgan fingerprint density at radius 3 is 1.88 bits per heavy atom. The van der Waals surface area contributed by atoms with Gasteiger partial charge >= 0.3 is 13.3 Å². The van der Waals surface area contributed by atoms with E-state index in [9.17, 15) is 14.2 Å². The molecule has 1 fully saturated rings. The number of anilines is 1. The Morgan fingerprint density at radius 2 is 1.39 bits per heavy atom. The summed E-state index contributed by atoms with van der Waals surface area (Å²) in [7, 11) is -7.40. The zero-order valence-electron chi connectivity index (χ0n) is 31.7. The van der Waals surface area contributed by atoms with Gasteiger partial charge in [0.1, 0.15) is 29.6 Å². The van der Waals surface area contributed by atoms with Gasteiger partial charge in [0.15, 0.2) is 0 Å². The predicted octanol–water partition coefficient (Wildman–Crippen LogP) is 9.24. The van der Waals surface area contributed by atoms with Gasteiger partial charge in [0.2, 0.25) is 5.91 Å². The van der Waals surface area contributed by atoms with E-state index in [2.05, 4.69) is 55.3 Å². The third kappa shape index (κ3) is 9.21. The number of para-hydroxylation sites is 2. The first-order valence-electron chi connectivity index (χ1n) is 18.2. The van der Waals surface area contributed by atoms with Crippen molar-refractivity contribution in [2.75, 3.05) is 5.32 Å². The van der Waals surface area contributed by atoms with Crippen LogP contribution in [-0.4, -0.2) is 36.0 Å². The third-order valence-corrected chi connectivity index (χ3v) is 16.5. The van der Waals surface area contributed by atoms with Crippen LogP contribution < -0.4 is 30.4 Å². The van der Waals surface area contributed by atoms with Crippen molar-refractivity contribution < 1.29 is 27.6 Å². The summed E-state index contributed by atoms with van der Waals surface area (Å²) < 4.78 is 42.4. The Labute approximate surface area is 338 Å². The number of hydrogen-bond acceptors (Lipinski definition) is 8. The van der Waals surface area contributed by atoms with Crippen LogP contribution in [-0.2, 0) is 18.5 Å². The SMILES string of the molecule is CC(C)C(=O)Nc1ccn([C@H]2C[C@H](O[Si](c3ccccc3)(c3ccccc3)C(C)(C)C)[C@@H](/C=C/P(=O)(Oc3ccccc3Cl)Oc3ccccc3Cl)O2)c(=O)n1. The molecule has 0 unspecified atom stereocenters. The molecular formula is C42H44Cl2N3O7PSi. The van der Waals surface area contributed by atoms with Gasteiger partial charge in [0.25, 0.3) is 8.32 Å². The highest BCUT2D eigenvalue weighted by molar-refractivity contribution is 7.58. The molecule has 56 heavy (non-hydrogen) atoms. The standard InChI is InChI=1S/C42H44Cl2N3O7PSi/c1-29(2)40(48)45-38-24-26-47(41(49)46-38)39-28-37(54-56(42(3,4)5,30-16-8-6-9-17-30)31-18-10-7-11-19-31)36(51-39)25-27-55(50,52-34-22-14-12-20-32(34)43)53-35-23-15-13-21-33(35)44/h6-27,29,36-37,39H,28H2,1-5H3,(H,45,46,48,49)/b27-25+/t36-,37+,39-/m1/s1. The van der Waals surface area contributed by atoms with Crippen LogP contribution in [0, 0.1) is 5.92 Å². The van der Waals surface area contributed by atoms with Crippen LogP contribution in [0.25, 0.3) is 0 Å². The fraction of sp³-hybridized carbons (Fsp3) is 0.262. The molecule has 3 atom stereocenters. The van der Waals surface area contributed by atoms with Gasteiger partial charge in [-0.15, -0.1) is 0 Å². The number of rotatable bonds is 13. The molecule has 0 bridgehead atoms. The number of carbonyl (C=O) groups excluding carboxylic acids is 1. The summed E-state index contributed by atoms with van der Waals surface area (Å²) in [6.07, 6.45) is 0.951. The van der Waals surface area contributed by atoms with Crippen LogP contribution in [0.5, 0.6) is 11.5 Å². The normalized spacial score (nSPS) is 17.6. The number of nitrogens with one attached hydrogen (secondary N) is 1. The average Bonchev–Trinajstić information content (AvgIpc) is 3.57. The van der Waals surface area contributed by atoms with E-state index in [1.165, 1.54) is 16.6 Å². The number of ether oxygens (including phenoxy) is 1. The average molecular weight is 833 g/mol. The number of nitrogens with zero attached hydrogens (tertiary/aromatic N) is 2. The Bertz CT molecular complexity index is 2190. The van der Waals surface area contributed by atoms with Gasteiger partial charge in [-0.2, -0.15) is 4.98 Å².